The monoisotopic (exact) mass is 330 g/mol. The molecule has 0 saturated carbocycles. The van der Waals surface area contributed by atoms with Crippen molar-refractivity contribution >= 4 is 10.0 Å². The van der Waals surface area contributed by atoms with Crippen molar-refractivity contribution in [3.63, 3.8) is 0 Å². The minimum atomic E-state index is -3.12. The largest absolute Gasteiger partial charge is 0.494 e. The number of methoxy groups -OCH3 is 1. The topological polar surface area (TPSA) is 58.6 Å². The van der Waals surface area contributed by atoms with Crippen LogP contribution in [0, 0.1) is 11.7 Å². The van der Waals surface area contributed by atoms with Crippen molar-refractivity contribution in [1.82, 2.24) is 9.62 Å². The maximum atomic E-state index is 13.6. The van der Waals surface area contributed by atoms with Crippen molar-refractivity contribution in [3.05, 3.63) is 29.6 Å². The normalized spacial score (nSPS) is 23.5. The SMILES string of the molecule is COc1ccc(CN[C@H]2CCN(S(C)(=O)=O)C[C@@H]2C)cc1F. The van der Waals surface area contributed by atoms with Crippen LogP contribution in [-0.2, 0) is 16.6 Å². The number of rotatable bonds is 5. The molecule has 2 rings (SSSR count). The molecule has 1 N–H and O–H groups in total. The zero-order valence-corrected chi connectivity index (χ0v) is 14.0. The molecular formula is C15H23FN2O3S. The first kappa shape index (κ1) is 17.2. The van der Waals surface area contributed by atoms with Gasteiger partial charge in [-0.3, -0.25) is 0 Å². The van der Waals surface area contributed by atoms with Gasteiger partial charge in [-0.25, -0.2) is 17.1 Å². The van der Waals surface area contributed by atoms with Crippen molar-refractivity contribution in [2.24, 2.45) is 5.92 Å². The summed E-state index contributed by atoms with van der Waals surface area (Å²) in [6, 6.07) is 5.12. The highest BCUT2D eigenvalue weighted by Gasteiger charge is 2.29. The molecule has 124 valence electrons. The Labute approximate surface area is 131 Å². The second-order valence-electron chi connectivity index (χ2n) is 5.84. The number of hydrogen-bond acceptors (Lipinski definition) is 4. The van der Waals surface area contributed by atoms with E-state index in [4.69, 9.17) is 4.74 Å². The Bertz CT molecular complexity index is 621. The van der Waals surface area contributed by atoms with Crippen molar-refractivity contribution in [2.75, 3.05) is 26.5 Å². The molecule has 1 heterocycles. The lowest BCUT2D eigenvalue weighted by Crippen LogP contribution is -2.49. The maximum Gasteiger partial charge on any atom is 0.211 e. The van der Waals surface area contributed by atoms with E-state index in [-0.39, 0.29) is 23.5 Å². The summed E-state index contributed by atoms with van der Waals surface area (Å²) in [6.45, 7) is 3.63. The number of halogens is 1. The summed E-state index contributed by atoms with van der Waals surface area (Å²) in [7, 11) is -1.68. The molecule has 0 aliphatic carbocycles. The molecule has 0 aromatic heterocycles. The molecular weight excluding hydrogens is 307 g/mol. The Morgan fingerprint density at radius 3 is 2.73 bits per heavy atom. The van der Waals surface area contributed by atoms with Crippen molar-refractivity contribution in [3.8, 4) is 5.75 Å². The molecule has 1 aliphatic rings. The van der Waals surface area contributed by atoms with E-state index in [1.807, 2.05) is 13.0 Å². The van der Waals surface area contributed by atoms with Crippen LogP contribution in [0.4, 0.5) is 4.39 Å². The fraction of sp³-hybridized carbons (Fsp3) is 0.600. The molecule has 1 fully saturated rings. The molecule has 2 atom stereocenters. The number of ether oxygens (including phenoxy) is 1. The highest BCUT2D eigenvalue weighted by atomic mass is 32.2. The van der Waals surface area contributed by atoms with Crippen molar-refractivity contribution in [2.45, 2.75) is 25.9 Å². The number of benzene rings is 1. The molecule has 1 saturated heterocycles. The minimum Gasteiger partial charge on any atom is -0.494 e. The third-order valence-corrected chi connectivity index (χ3v) is 5.39. The van der Waals surface area contributed by atoms with Gasteiger partial charge in [-0.05, 0) is 30.0 Å². The Morgan fingerprint density at radius 2 is 2.18 bits per heavy atom. The number of piperidine rings is 1. The van der Waals surface area contributed by atoms with Crippen LogP contribution in [0.5, 0.6) is 5.75 Å². The summed E-state index contributed by atoms with van der Waals surface area (Å²) in [4.78, 5) is 0. The van der Waals surface area contributed by atoms with Crippen LogP contribution in [0.25, 0.3) is 0 Å². The summed E-state index contributed by atoms with van der Waals surface area (Å²) in [5, 5.41) is 3.40. The molecule has 22 heavy (non-hydrogen) atoms. The second-order valence-corrected chi connectivity index (χ2v) is 7.83. The van der Waals surface area contributed by atoms with Crippen LogP contribution in [-0.4, -0.2) is 45.2 Å². The predicted octanol–water partition coefficient (Wildman–Crippen LogP) is 1.59. The lowest BCUT2D eigenvalue weighted by molar-refractivity contribution is 0.220. The zero-order valence-electron chi connectivity index (χ0n) is 13.2. The standard InChI is InChI=1S/C15H23FN2O3S/c1-11-10-18(22(3,19)20)7-6-14(11)17-9-12-4-5-15(21-2)13(16)8-12/h4-5,8,11,14,17H,6-7,9-10H2,1-3H3/t11-,14-/m0/s1. The highest BCUT2D eigenvalue weighted by molar-refractivity contribution is 7.88. The Hall–Kier alpha value is -1.18. The van der Waals surface area contributed by atoms with Gasteiger partial charge in [-0.15, -0.1) is 0 Å². The van der Waals surface area contributed by atoms with Crippen LogP contribution in [0.1, 0.15) is 18.9 Å². The third kappa shape index (κ3) is 4.18. The Kier molecular flexibility index (Phi) is 5.41. The van der Waals surface area contributed by atoms with Crippen LogP contribution in [0.2, 0.25) is 0 Å². The van der Waals surface area contributed by atoms with E-state index in [2.05, 4.69) is 5.32 Å². The van der Waals surface area contributed by atoms with Gasteiger partial charge >= 0.3 is 0 Å². The molecule has 0 radical (unpaired) electrons. The van der Waals surface area contributed by atoms with Gasteiger partial charge in [0.05, 0.1) is 13.4 Å². The van der Waals surface area contributed by atoms with Gasteiger partial charge in [0.15, 0.2) is 11.6 Å². The van der Waals surface area contributed by atoms with Crippen LogP contribution in [0.15, 0.2) is 18.2 Å². The molecule has 0 amide bonds. The quantitative estimate of drug-likeness (QED) is 0.891. The van der Waals surface area contributed by atoms with Crippen LogP contribution >= 0.6 is 0 Å². The summed E-state index contributed by atoms with van der Waals surface area (Å²) in [6.07, 6.45) is 2.00. The van der Waals surface area contributed by atoms with E-state index in [9.17, 15) is 12.8 Å². The Balaban J connectivity index is 1.91. The molecule has 1 aliphatic heterocycles. The third-order valence-electron chi connectivity index (χ3n) is 4.12. The molecule has 7 heteroatoms. The average molecular weight is 330 g/mol. The van der Waals surface area contributed by atoms with E-state index in [0.717, 1.165) is 12.0 Å². The predicted molar refractivity (Wildman–Crippen MR) is 83.8 cm³/mol. The lowest BCUT2D eigenvalue weighted by Gasteiger charge is -2.36. The average Bonchev–Trinajstić information content (AvgIpc) is 2.45. The fourth-order valence-electron chi connectivity index (χ4n) is 2.78. The first-order chi connectivity index (χ1) is 10.3. The first-order valence-corrected chi connectivity index (χ1v) is 9.17. The molecule has 0 unspecified atom stereocenters. The van der Waals surface area contributed by atoms with Gasteiger partial charge in [0, 0.05) is 25.7 Å². The molecule has 5 nitrogen and oxygen atoms in total. The Morgan fingerprint density at radius 1 is 1.45 bits per heavy atom. The van der Waals surface area contributed by atoms with Gasteiger partial charge in [-0.1, -0.05) is 13.0 Å². The van der Waals surface area contributed by atoms with Gasteiger partial charge in [0.1, 0.15) is 0 Å². The van der Waals surface area contributed by atoms with Crippen molar-refractivity contribution in [1.29, 1.82) is 0 Å². The number of nitrogens with zero attached hydrogens (tertiary/aromatic N) is 1. The molecule has 1 aromatic carbocycles. The van der Waals surface area contributed by atoms with E-state index in [0.29, 0.717) is 19.6 Å². The lowest BCUT2D eigenvalue weighted by atomic mass is 9.95. The number of nitrogens with one attached hydrogen (secondary N) is 1. The van der Waals surface area contributed by atoms with E-state index in [1.165, 1.54) is 23.7 Å². The van der Waals surface area contributed by atoms with Gasteiger partial charge in [0.25, 0.3) is 0 Å². The number of sulfonamides is 1. The van der Waals surface area contributed by atoms with Gasteiger partial charge in [0.2, 0.25) is 10.0 Å². The van der Waals surface area contributed by atoms with E-state index < -0.39 is 10.0 Å². The van der Waals surface area contributed by atoms with E-state index >= 15 is 0 Å². The first-order valence-electron chi connectivity index (χ1n) is 7.32. The van der Waals surface area contributed by atoms with E-state index in [1.54, 1.807) is 6.07 Å². The maximum absolute atomic E-state index is 13.6. The van der Waals surface area contributed by atoms with Gasteiger partial charge < -0.3 is 10.1 Å². The second kappa shape index (κ2) is 6.93. The summed E-state index contributed by atoms with van der Waals surface area (Å²) in [5.74, 6) is 0.0758. The zero-order chi connectivity index (χ0) is 16.3. The molecule has 0 bridgehead atoms. The summed E-state index contributed by atoms with van der Waals surface area (Å²) < 4.78 is 43.2. The molecule has 1 aromatic rings. The van der Waals surface area contributed by atoms with Crippen molar-refractivity contribution < 1.29 is 17.5 Å². The number of hydrogen-bond donors (Lipinski definition) is 1. The summed E-state index contributed by atoms with van der Waals surface area (Å²) >= 11 is 0. The smallest absolute Gasteiger partial charge is 0.211 e. The summed E-state index contributed by atoms with van der Waals surface area (Å²) in [5.41, 5.74) is 0.844. The van der Waals surface area contributed by atoms with Crippen LogP contribution < -0.4 is 10.1 Å². The van der Waals surface area contributed by atoms with Crippen LogP contribution in [0.3, 0.4) is 0 Å². The minimum absolute atomic E-state index is 0.214. The highest BCUT2D eigenvalue weighted by Crippen LogP contribution is 2.21. The fourth-order valence-corrected chi connectivity index (χ4v) is 3.72. The molecule has 0 spiro atoms. The van der Waals surface area contributed by atoms with Gasteiger partial charge in [-0.2, -0.15) is 0 Å².